The average molecular weight is 595 g/mol. The van der Waals surface area contributed by atoms with E-state index in [0.717, 1.165) is 13.8 Å². The van der Waals surface area contributed by atoms with Crippen molar-refractivity contribution in [3.63, 3.8) is 0 Å². The normalized spacial score (nSPS) is 29.2. The highest BCUT2D eigenvalue weighted by Gasteiger charge is 2.50. The topological polar surface area (TPSA) is 173 Å². The highest BCUT2D eigenvalue weighted by molar-refractivity contribution is 5.98. The molecule has 3 saturated carbocycles. The predicted octanol–water partition coefficient (Wildman–Crippen LogP) is 3.75. The van der Waals surface area contributed by atoms with Crippen molar-refractivity contribution in [2.75, 3.05) is 0 Å². The first-order chi connectivity index (χ1) is 20.0. The fraction of sp³-hybridized carbons (Fsp3) is 0.733. The van der Waals surface area contributed by atoms with Crippen LogP contribution in [-0.4, -0.2) is 47.8 Å². The summed E-state index contributed by atoms with van der Waals surface area (Å²) in [6, 6.07) is 0. The first-order valence-electron chi connectivity index (χ1n) is 14.9. The van der Waals surface area contributed by atoms with Gasteiger partial charge in [0.15, 0.2) is 0 Å². The number of hydrogen-bond donors (Lipinski definition) is 0. The summed E-state index contributed by atoms with van der Waals surface area (Å²) in [4.78, 5) is 89.5. The van der Waals surface area contributed by atoms with Crippen LogP contribution in [0.2, 0.25) is 0 Å². The molecule has 0 aromatic rings. The first kappa shape index (κ1) is 34.8. The predicted molar refractivity (Wildman–Crippen MR) is 143 cm³/mol. The van der Waals surface area contributed by atoms with E-state index in [1.165, 1.54) is 38.5 Å². The minimum atomic E-state index is -0.665. The summed E-state index contributed by atoms with van der Waals surface area (Å²) < 4.78 is 18.0. The van der Waals surface area contributed by atoms with E-state index in [0.29, 0.717) is 25.7 Å². The molecule has 0 aromatic carbocycles. The lowest BCUT2D eigenvalue weighted by Gasteiger charge is -2.25. The molecule has 5 fully saturated rings. The molecule has 0 bridgehead atoms. The number of hydrogen-bond acceptors (Lipinski definition) is 12. The molecule has 5 rings (SSSR count). The standard InChI is InChI=1S/2C11H12O6.C6H12.C2H6/c2*1-5(12)16-9(13)6-2-3-7-8(4-6)11(15)17-10(7)14;1-2-4-6-5-3-1;1-2/h2*6-8H,2-4H2,1H3;1-6H2;1-2H3. The largest absolute Gasteiger partial charge is 0.393 e. The lowest BCUT2D eigenvalue weighted by atomic mass is 9.75. The third-order valence-corrected chi connectivity index (χ3v) is 7.97. The van der Waals surface area contributed by atoms with E-state index in [4.69, 9.17) is 0 Å². The molecule has 2 saturated heterocycles. The van der Waals surface area contributed by atoms with Gasteiger partial charge in [0, 0.05) is 13.8 Å². The van der Waals surface area contributed by atoms with E-state index in [9.17, 15) is 38.4 Å². The molecule has 2 aliphatic heterocycles. The zero-order chi connectivity index (χ0) is 31.4. The maximum Gasteiger partial charge on any atom is 0.317 e. The summed E-state index contributed by atoms with van der Waals surface area (Å²) in [6.45, 7) is 6.30. The fourth-order valence-corrected chi connectivity index (χ4v) is 5.87. The van der Waals surface area contributed by atoms with Crippen LogP contribution in [0.1, 0.15) is 105 Å². The Hall–Kier alpha value is -3.44. The van der Waals surface area contributed by atoms with Crippen LogP contribution in [-0.2, 0) is 57.3 Å². The number of cyclic esters (lactones) is 4. The van der Waals surface area contributed by atoms with Crippen molar-refractivity contribution in [1.82, 2.24) is 0 Å². The van der Waals surface area contributed by atoms with Gasteiger partial charge in [-0.1, -0.05) is 52.4 Å². The molecule has 6 unspecified atom stereocenters. The molecular weight excluding hydrogens is 552 g/mol. The molecule has 0 amide bonds. The Morgan fingerprint density at radius 2 is 0.810 bits per heavy atom. The Morgan fingerprint density at radius 3 is 1.10 bits per heavy atom. The first-order valence-corrected chi connectivity index (χ1v) is 14.9. The summed E-state index contributed by atoms with van der Waals surface area (Å²) in [7, 11) is 0. The average Bonchev–Trinajstić information content (AvgIpc) is 3.43. The number of esters is 8. The molecule has 0 radical (unpaired) electrons. The Kier molecular flexibility index (Phi) is 14.0. The summed E-state index contributed by atoms with van der Waals surface area (Å²) in [5.41, 5.74) is 0. The minimum absolute atomic E-state index is 0.224. The fourth-order valence-electron chi connectivity index (χ4n) is 5.87. The van der Waals surface area contributed by atoms with Crippen LogP contribution < -0.4 is 0 Å². The summed E-state index contributed by atoms with van der Waals surface area (Å²) >= 11 is 0. The molecule has 2 heterocycles. The van der Waals surface area contributed by atoms with Gasteiger partial charge in [0.25, 0.3) is 0 Å². The number of ether oxygens (including phenoxy) is 4. The van der Waals surface area contributed by atoms with E-state index < -0.39 is 83.3 Å². The van der Waals surface area contributed by atoms with Gasteiger partial charge in [0.05, 0.1) is 35.5 Å². The van der Waals surface area contributed by atoms with Crippen LogP contribution in [0.25, 0.3) is 0 Å². The van der Waals surface area contributed by atoms with Crippen LogP contribution in [0.4, 0.5) is 0 Å². The lowest BCUT2D eigenvalue weighted by Crippen LogP contribution is -2.32. The molecule has 3 aliphatic carbocycles. The highest BCUT2D eigenvalue weighted by Crippen LogP contribution is 2.41. The van der Waals surface area contributed by atoms with Gasteiger partial charge in [-0.25, -0.2) is 0 Å². The molecular formula is C30H42O12. The summed E-state index contributed by atoms with van der Waals surface area (Å²) in [5, 5.41) is 0. The van der Waals surface area contributed by atoms with Crippen molar-refractivity contribution in [3.8, 4) is 0 Å². The molecule has 5 aliphatic rings. The molecule has 42 heavy (non-hydrogen) atoms. The van der Waals surface area contributed by atoms with Crippen LogP contribution >= 0.6 is 0 Å². The second-order valence-electron chi connectivity index (χ2n) is 10.9. The van der Waals surface area contributed by atoms with Crippen molar-refractivity contribution in [2.24, 2.45) is 35.5 Å². The van der Waals surface area contributed by atoms with Gasteiger partial charge in [-0.15, -0.1) is 0 Å². The molecule has 234 valence electrons. The van der Waals surface area contributed by atoms with Crippen LogP contribution in [0.3, 0.4) is 0 Å². The summed E-state index contributed by atoms with van der Waals surface area (Å²) in [5.74, 6) is -7.68. The molecule has 6 atom stereocenters. The van der Waals surface area contributed by atoms with Gasteiger partial charge < -0.3 is 18.9 Å². The lowest BCUT2D eigenvalue weighted by molar-refractivity contribution is -0.164. The van der Waals surface area contributed by atoms with Crippen LogP contribution in [0, 0.1) is 35.5 Å². The monoisotopic (exact) mass is 594 g/mol. The second kappa shape index (κ2) is 16.9. The summed E-state index contributed by atoms with van der Waals surface area (Å²) in [6.07, 6.45) is 11.2. The van der Waals surface area contributed by atoms with Gasteiger partial charge >= 0.3 is 47.8 Å². The Morgan fingerprint density at radius 1 is 0.524 bits per heavy atom. The van der Waals surface area contributed by atoms with Crippen molar-refractivity contribution in [3.05, 3.63) is 0 Å². The number of rotatable bonds is 2. The van der Waals surface area contributed by atoms with Gasteiger partial charge in [-0.2, -0.15) is 0 Å². The Labute approximate surface area is 245 Å². The molecule has 0 spiro atoms. The molecule has 12 nitrogen and oxygen atoms in total. The smallest absolute Gasteiger partial charge is 0.317 e. The van der Waals surface area contributed by atoms with Gasteiger partial charge in [-0.3, -0.25) is 38.4 Å². The van der Waals surface area contributed by atoms with E-state index >= 15 is 0 Å². The number of carbonyl (C=O) groups is 8. The van der Waals surface area contributed by atoms with E-state index in [1.54, 1.807) is 0 Å². The van der Waals surface area contributed by atoms with E-state index in [1.807, 2.05) is 13.8 Å². The third kappa shape index (κ3) is 9.84. The van der Waals surface area contributed by atoms with Crippen LogP contribution in [0.15, 0.2) is 0 Å². The number of fused-ring (bicyclic) bond motifs is 2. The van der Waals surface area contributed by atoms with Crippen molar-refractivity contribution in [1.29, 1.82) is 0 Å². The number of carbonyl (C=O) groups excluding carboxylic acids is 8. The van der Waals surface area contributed by atoms with Crippen molar-refractivity contribution < 1.29 is 57.3 Å². The van der Waals surface area contributed by atoms with Gasteiger partial charge in [0.1, 0.15) is 0 Å². The maximum atomic E-state index is 11.5. The minimum Gasteiger partial charge on any atom is -0.393 e. The Bertz CT molecular complexity index is 955. The SMILES string of the molecule is C1CCCCC1.CC.CC(=O)OC(=O)C1CCC2C(=O)OC(=O)C2C1.CC(=O)OC(=O)C1CCC2C(=O)OC(=O)C2C1. The van der Waals surface area contributed by atoms with E-state index in [2.05, 4.69) is 18.9 Å². The molecule has 0 N–H and O–H groups in total. The molecule has 12 heteroatoms. The third-order valence-electron chi connectivity index (χ3n) is 7.97. The van der Waals surface area contributed by atoms with Crippen molar-refractivity contribution in [2.45, 2.75) is 105 Å². The quantitative estimate of drug-likeness (QED) is 0.258. The van der Waals surface area contributed by atoms with Crippen LogP contribution in [0.5, 0.6) is 0 Å². The Balaban J connectivity index is 0.000000234. The zero-order valence-corrected chi connectivity index (χ0v) is 24.8. The highest BCUT2D eigenvalue weighted by atomic mass is 16.6. The van der Waals surface area contributed by atoms with Gasteiger partial charge in [-0.05, 0) is 38.5 Å². The molecule has 0 aromatic heterocycles. The second-order valence-corrected chi connectivity index (χ2v) is 10.9. The zero-order valence-electron chi connectivity index (χ0n) is 24.8. The maximum absolute atomic E-state index is 11.5. The van der Waals surface area contributed by atoms with Crippen molar-refractivity contribution >= 4 is 47.8 Å². The van der Waals surface area contributed by atoms with E-state index in [-0.39, 0.29) is 12.8 Å². The van der Waals surface area contributed by atoms with Gasteiger partial charge in [0.2, 0.25) is 0 Å².